The third kappa shape index (κ3) is 3.52. The second-order valence-electron chi connectivity index (χ2n) is 5.09. The monoisotopic (exact) mass is 359 g/mol. The Bertz CT molecular complexity index is 906. The van der Waals surface area contributed by atoms with Gasteiger partial charge in [-0.1, -0.05) is 18.2 Å². The van der Waals surface area contributed by atoms with Crippen LogP contribution < -0.4 is 16.2 Å². The summed E-state index contributed by atoms with van der Waals surface area (Å²) in [5.41, 5.74) is 6.79. The SMILES string of the molecule is Cc1c(C(=O)NNC(=S)Nc2ccc(F)cc2)sc2ccccc12. The van der Waals surface area contributed by atoms with Crippen molar-refractivity contribution in [3.8, 4) is 0 Å². The van der Waals surface area contributed by atoms with E-state index in [0.29, 0.717) is 10.6 Å². The largest absolute Gasteiger partial charge is 0.331 e. The molecule has 1 amide bonds. The van der Waals surface area contributed by atoms with E-state index in [2.05, 4.69) is 16.2 Å². The lowest BCUT2D eigenvalue weighted by Crippen LogP contribution is -2.43. The van der Waals surface area contributed by atoms with Crippen molar-refractivity contribution in [2.75, 3.05) is 5.32 Å². The third-order valence-corrected chi connectivity index (χ3v) is 4.92. The van der Waals surface area contributed by atoms with E-state index in [-0.39, 0.29) is 16.8 Å². The van der Waals surface area contributed by atoms with Crippen LogP contribution >= 0.6 is 23.6 Å². The number of hydrazine groups is 1. The van der Waals surface area contributed by atoms with Gasteiger partial charge in [0.15, 0.2) is 5.11 Å². The number of fused-ring (bicyclic) bond motifs is 1. The van der Waals surface area contributed by atoms with Crippen LogP contribution in [0.1, 0.15) is 15.2 Å². The first-order chi connectivity index (χ1) is 11.5. The smallest absolute Gasteiger partial charge is 0.280 e. The van der Waals surface area contributed by atoms with Gasteiger partial charge in [-0.25, -0.2) is 4.39 Å². The minimum Gasteiger partial charge on any atom is -0.331 e. The van der Waals surface area contributed by atoms with E-state index < -0.39 is 0 Å². The molecule has 3 N–H and O–H groups in total. The Morgan fingerprint density at radius 3 is 2.50 bits per heavy atom. The van der Waals surface area contributed by atoms with Crippen LogP contribution in [0.5, 0.6) is 0 Å². The van der Waals surface area contributed by atoms with E-state index in [4.69, 9.17) is 12.2 Å². The minimum absolute atomic E-state index is 0.216. The highest BCUT2D eigenvalue weighted by molar-refractivity contribution is 7.80. The Hall–Kier alpha value is -2.51. The van der Waals surface area contributed by atoms with Crippen molar-refractivity contribution in [1.82, 2.24) is 10.9 Å². The summed E-state index contributed by atoms with van der Waals surface area (Å²) in [6.45, 7) is 1.92. The fourth-order valence-electron chi connectivity index (χ4n) is 2.26. The number of rotatable bonds is 2. The summed E-state index contributed by atoms with van der Waals surface area (Å²) in [4.78, 5) is 13.0. The summed E-state index contributed by atoms with van der Waals surface area (Å²) in [6, 6.07) is 13.6. The molecule has 1 heterocycles. The van der Waals surface area contributed by atoms with Gasteiger partial charge >= 0.3 is 0 Å². The Morgan fingerprint density at radius 1 is 1.08 bits per heavy atom. The molecular weight excluding hydrogens is 345 g/mol. The van der Waals surface area contributed by atoms with E-state index in [0.717, 1.165) is 15.6 Å². The van der Waals surface area contributed by atoms with E-state index in [1.807, 2.05) is 31.2 Å². The molecular formula is C17H14FN3OS2. The van der Waals surface area contributed by atoms with Crippen molar-refractivity contribution < 1.29 is 9.18 Å². The summed E-state index contributed by atoms with van der Waals surface area (Å²) < 4.78 is 13.9. The number of halogens is 1. The standard InChI is InChI=1S/C17H14FN3OS2/c1-10-13-4-2-3-5-14(13)24-15(10)16(22)20-21-17(23)19-12-8-6-11(18)7-9-12/h2-9H,1H3,(H,20,22)(H2,19,21,23). The summed E-state index contributed by atoms with van der Waals surface area (Å²) >= 11 is 6.54. The molecule has 3 rings (SSSR count). The highest BCUT2D eigenvalue weighted by Gasteiger charge is 2.15. The Kier molecular flexibility index (Phi) is 4.73. The molecule has 0 aliphatic heterocycles. The number of amides is 1. The molecule has 0 fully saturated rings. The second kappa shape index (κ2) is 6.94. The zero-order chi connectivity index (χ0) is 17.1. The summed E-state index contributed by atoms with van der Waals surface area (Å²) in [5.74, 6) is -0.579. The van der Waals surface area contributed by atoms with Crippen LogP contribution in [0, 0.1) is 12.7 Å². The molecule has 0 aliphatic rings. The third-order valence-electron chi connectivity index (χ3n) is 3.44. The first kappa shape index (κ1) is 16.4. The predicted molar refractivity (Wildman–Crippen MR) is 99.8 cm³/mol. The molecule has 24 heavy (non-hydrogen) atoms. The normalized spacial score (nSPS) is 10.4. The Balaban J connectivity index is 1.63. The van der Waals surface area contributed by atoms with Gasteiger partial charge in [0.25, 0.3) is 5.91 Å². The molecule has 4 nitrogen and oxygen atoms in total. The average molecular weight is 359 g/mol. The predicted octanol–water partition coefficient (Wildman–Crippen LogP) is 3.98. The topological polar surface area (TPSA) is 53.2 Å². The molecule has 3 aromatic rings. The number of nitrogens with one attached hydrogen (secondary N) is 3. The number of thiophene rings is 1. The zero-order valence-corrected chi connectivity index (χ0v) is 14.4. The molecule has 0 unspecified atom stereocenters. The first-order valence-electron chi connectivity index (χ1n) is 7.15. The number of anilines is 1. The van der Waals surface area contributed by atoms with Gasteiger partial charge < -0.3 is 5.32 Å². The second-order valence-corrected chi connectivity index (χ2v) is 6.55. The van der Waals surface area contributed by atoms with Crippen LogP contribution in [0.3, 0.4) is 0 Å². The number of aryl methyl sites for hydroxylation is 1. The number of carbonyl (C=O) groups excluding carboxylic acids is 1. The number of hydrogen-bond donors (Lipinski definition) is 3. The van der Waals surface area contributed by atoms with Crippen LogP contribution in [0.2, 0.25) is 0 Å². The van der Waals surface area contributed by atoms with Crippen molar-refractivity contribution in [2.45, 2.75) is 6.92 Å². The maximum Gasteiger partial charge on any atom is 0.280 e. The van der Waals surface area contributed by atoms with Gasteiger partial charge in [-0.2, -0.15) is 0 Å². The van der Waals surface area contributed by atoms with Crippen LogP contribution in [0.15, 0.2) is 48.5 Å². The van der Waals surface area contributed by atoms with Crippen molar-refractivity contribution in [1.29, 1.82) is 0 Å². The van der Waals surface area contributed by atoms with Crippen LogP contribution in [-0.2, 0) is 0 Å². The summed E-state index contributed by atoms with van der Waals surface area (Å²) in [5, 5.41) is 4.15. The van der Waals surface area contributed by atoms with E-state index in [1.165, 1.54) is 23.5 Å². The van der Waals surface area contributed by atoms with E-state index in [9.17, 15) is 9.18 Å². The minimum atomic E-state index is -0.326. The van der Waals surface area contributed by atoms with Crippen molar-refractivity contribution in [3.63, 3.8) is 0 Å². The van der Waals surface area contributed by atoms with Gasteiger partial charge in [0.1, 0.15) is 5.82 Å². The number of hydrogen-bond acceptors (Lipinski definition) is 3. The molecule has 122 valence electrons. The van der Waals surface area contributed by atoms with Gasteiger partial charge in [-0.05, 0) is 60.4 Å². The molecule has 7 heteroatoms. The fraction of sp³-hybridized carbons (Fsp3) is 0.0588. The van der Waals surface area contributed by atoms with Crippen LogP contribution in [0.4, 0.5) is 10.1 Å². The van der Waals surface area contributed by atoms with E-state index >= 15 is 0 Å². The Labute approximate surface area is 147 Å². The molecule has 0 aliphatic carbocycles. The fourth-order valence-corrected chi connectivity index (χ4v) is 3.53. The maximum atomic E-state index is 12.9. The van der Waals surface area contributed by atoms with Crippen molar-refractivity contribution >= 4 is 50.3 Å². The quantitative estimate of drug-likeness (QED) is 0.479. The highest BCUT2D eigenvalue weighted by atomic mass is 32.1. The lowest BCUT2D eigenvalue weighted by atomic mass is 10.1. The van der Waals surface area contributed by atoms with Crippen LogP contribution in [0.25, 0.3) is 10.1 Å². The molecule has 1 aromatic heterocycles. The summed E-state index contributed by atoms with van der Waals surface area (Å²) in [7, 11) is 0. The van der Waals surface area contributed by atoms with Gasteiger partial charge in [0.2, 0.25) is 0 Å². The molecule has 0 radical (unpaired) electrons. The zero-order valence-electron chi connectivity index (χ0n) is 12.7. The van der Waals surface area contributed by atoms with Gasteiger partial charge in [-0.3, -0.25) is 15.6 Å². The van der Waals surface area contributed by atoms with Gasteiger partial charge in [-0.15, -0.1) is 11.3 Å². The molecule has 0 saturated carbocycles. The maximum absolute atomic E-state index is 12.9. The lowest BCUT2D eigenvalue weighted by molar-refractivity contribution is 0.0948. The molecule has 0 spiro atoms. The van der Waals surface area contributed by atoms with Gasteiger partial charge in [0.05, 0.1) is 4.88 Å². The average Bonchev–Trinajstić information content (AvgIpc) is 2.92. The van der Waals surface area contributed by atoms with Crippen LogP contribution in [-0.4, -0.2) is 11.0 Å². The molecule has 0 bridgehead atoms. The lowest BCUT2D eigenvalue weighted by Gasteiger charge is -2.11. The summed E-state index contributed by atoms with van der Waals surface area (Å²) in [6.07, 6.45) is 0. The number of thiocarbonyl (C=S) groups is 1. The van der Waals surface area contributed by atoms with E-state index in [1.54, 1.807) is 12.1 Å². The Morgan fingerprint density at radius 2 is 1.79 bits per heavy atom. The highest BCUT2D eigenvalue weighted by Crippen LogP contribution is 2.30. The first-order valence-corrected chi connectivity index (χ1v) is 8.38. The molecule has 0 saturated heterocycles. The number of carbonyl (C=O) groups is 1. The molecule has 0 atom stereocenters. The van der Waals surface area contributed by atoms with Crippen molar-refractivity contribution in [3.05, 3.63) is 64.8 Å². The van der Waals surface area contributed by atoms with Gasteiger partial charge in [0, 0.05) is 10.4 Å². The molecule has 2 aromatic carbocycles. The van der Waals surface area contributed by atoms with Crippen molar-refractivity contribution in [2.24, 2.45) is 0 Å². The number of benzene rings is 2.